The maximum Gasteiger partial charge on any atom is 0.410 e. The Bertz CT molecular complexity index is 1160. The van der Waals surface area contributed by atoms with Crippen LogP contribution >= 0.6 is 0 Å². The SMILES string of the molecule is CN(CCN1CCC(O)(c2c(F)cc3c(c2F)CN([C@H]2CCC(=O)NC2=O)C3=O)CC1)C(=O)OC(C)(C)C. The molecule has 0 unspecified atom stereocenters. The highest BCUT2D eigenvalue weighted by Gasteiger charge is 2.45. The van der Waals surface area contributed by atoms with Crippen molar-refractivity contribution in [3.05, 3.63) is 34.4 Å². The predicted octanol–water partition coefficient (Wildman–Crippen LogP) is 1.88. The molecule has 3 aliphatic rings. The Kier molecular flexibility index (Phi) is 7.50. The molecule has 0 radical (unpaired) electrons. The van der Waals surface area contributed by atoms with Gasteiger partial charge < -0.3 is 24.5 Å². The number of nitrogens with one attached hydrogen (secondary N) is 1. The van der Waals surface area contributed by atoms with Crippen LogP contribution in [-0.2, 0) is 26.5 Å². The van der Waals surface area contributed by atoms with E-state index in [0.717, 1.165) is 11.0 Å². The molecule has 12 heteroatoms. The number of hydrogen-bond acceptors (Lipinski definition) is 7. The minimum Gasteiger partial charge on any atom is -0.444 e. The van der Waals surface area contributed by atoms with Gasteiger partial charge in [0, 0.05) is 45.2 Å². The van der Waals surface area contributed by atoms with Crippen molar-refractivity contribution < 1.29 is 37.8 Å². The number of amides is 4. The number of ether oxygens (including phenoxy) is 1. The Morgan fingerprint density at radius 3 is 2.50 bits per heavy atom. The summed E-state index contributed by atoms with van der Waals surface area (Å²) < 4.78 is 36.3. The fraction of sp³-hybridized carbons (Fsp3) is 0.615. The van der Waals surface area contributed by atoms with Gasteiger partial charge in [-0.25, -0.2) is 13.6 Å². The zero-order valence-corrected chi connectivity index (χ0v) is 22.1. The van der Waals surface area contributed by atoms with Crippen molar-refractivity contribution in [3.63, 3.8) is 0 Å². The summed E-state index contributed by atoms with van der Waals surface area (Å²) in [6.07, 6.45) is -0.192. The average molecular weight is 537 g/mol. The Labute approximate surface area is 219 Å². The maximum absolute atomic E-state index is 15.7. The monoisotopic (exact) mass is 536 g/mol. The summed E-state index contributed by atoms with van der Waals surface area (Å²) >= 11 is 0. The molecule has 4 rings (SSSR count). The molecular weight excluding hydrogens is 502 g/mol. The van der Waals surface area contributed by atoms with Gasteiger partial charge in [-0.05, 0) is 46.1 Å². The lowest BCUT2D eigenvalue weighted by Crippen LogP contribution is -2.52. The predicted molar refractivity (Wildman–Crippen MR) is 131 cm³/mol. The molecule has 10 nitrogen and oxygen atoms in total. The van der Waals surface area contributed by atoms with Crippen LogP contribution in [0.2, 0.25) is 0 Å². The lowest BCUT2D eigenvalue weighted by molar-refractivity contribution is -0.136. The first-order chi connectivity index (χ1) is 17.7. The van der Waals surface area contributed by atoms with E-state index in [1.54, 1.807) is 27.8 Å². The van der Waals surface area contributed by atoms with Gasteiger partial charge >= 0.3 is 6.09 Å². The van der Waals surface area contributed by atoms with Gasteiger partial charge in [0.1, 0.15) is 23.3 Å². The summed E-state index contributed by atoms with van der Waals surface area (Å²) in [5.74, 6) is -3.77. The van der Waals surface area contributed by atoms with Gasteiger partial charge in [-0.1, -0.05) is 0 Å². The van der Waals surface area contributed by atoms with Gasteiger partial charge in [-0.3, -0.25) is 19.7 Å². The number of imide groups is 1. The zero-order valence-electron chi connectivity index (χ0n) is 22.1. The smallest absolute Gasteiger partial charge is 0.410 e. The number of halogens is 2. The number of fused-ring (bicyclic) bond motifs is 1. The second-order valence-electron chi connectivity index (χ2n) is 11.2. The van der Waals surface area contributed by atoms with Crippen LogP contribution in [0.1, 0.15) is 67.9 Å². The first-order valence-electron chi connectivity index (χ1n) is 12.7. The first kappa shape index (κ1) is 27.9. The lowest BCUT2D eigenvalue weighted by Gasteiger charge is -2.39. The fourth-order valence-corrected chi connectivity index (χ4v) is 5.18. The van der Waals surface area contributed by atoms with Crippen LogP contribution in [0.4, 0.5) is 13.6 Å². The number of aliphatic hydroxyl groups is 1. The van der Waals surface area contributed by atoms with Gasteiger partial charge in [0.15, 0.2) is 0 Å². The van der Waals surface area contributed by atoms with Crippen LogP contribution in [0.25, 0.3) is 0 Å². The summed E-state index contributed by atoms with van der Waals surface area (Å²) in [6.45, 7) is 6.66. The standard InChI is InChI=1S/C26H34F2N4O6/c1-25(2,3)38-24(36)30(4)11-12-31-9-7-26(37,8-10-31)20-17(27)13-15-16(21(20)28)14-32(23(15)35)18-5-6-19(33)29-22(18)34/h13,18,37H,5-12,14H2,1-4H3,(H,29,33,34)/t18-/m0/s1. The molecule has 0 aromatic heterocycles. The van der Waals surface area contributed by atoms with Crippen molar-refractivity contribution in [2.75, 3.05) is 33.2 Å². The number of piperidine rings is 2. The number of carbonyl (C=O) groups is 4. The van der Waals surface area contributed by atoms with Gasteiger partial charge in [0.05, 0.1) is 23.3 Å². The molecule has 0 saturated carbocycles. The van der Waals surface area contributed by atoms with Crippen LogP contribution in [0.15, 0.2) is 6.07 Å². The highest BCUT2D eigenvalue weighted by Crippen LogP contribution is 2.40. The number of carbonyl (C=O) groups excluding carboxylic acids is 4. The second kappa shape index (κ2) is 10.2. The van der Waals surface area contributed by atoms with E-state index in [1.807, 2.05) is 4.90 Å². The van der Waals surface area contributed by atoms with E-state index in [1.165, 1.54) is 4.90 Å². The molecular formula is C26H34F2N4O6. The fourth-order valence-electron chi connectivity index (χ4n) is 5.18. The van der Waals surface area contributed by atoms with Crippen LogP contribution in [0.3, 0.4) is 0 Å². The van der Waals surface area contributed by atoms with Crippen LogP contribution in [0, 0.1) is 11.6 Å². The van der Waals surface area contributed by atoms with Gasteiger partial charge in [0.25, 0.3) is 5.91 Å². The summed E-state index contributed by atoms with van der Waals surface area (Å²) in [7, 11) is 1.63. The highest BCUT2D eigenvalue weighted by molar-refractivity contribution is 6.05. The molecule has 0 spiro atoms. The summed E-state index contributed by atoms with van der Waals surface area (Å²) in [4.78, 5) is 53.4. The van der Waals surface area contributed by atoms with Gasteiger partial charge in [0.2, 0.25) is 11.8 Å². The van der Waals surface area contributed by atoms with E-state index >= 15 is 8.78 Å². The molecule has 4 amide bonds. The number of hydrogen-bond donors (Lipinski definition) is 2. The molecule has 2 saturated heterocycles. The molecule has 0 bridgehead atoms. The summed E-state index contributed by atoms with van der Waals surface area (Å²) in [5, 5.41) is 13.5. The zero-order chi connectivity index (χ0) is 28.0. The molecule has 3 aliphatic heterocycles. The maximum atomic E-state index is 15.7. The van der Waals surface area contributed by atoms with E-state index in [0.29, 0.717) is 26.2 Å². The minimum absolute atomic E-state index is 0.0441. The van der Waals surface area contributed by atoms with E-state index in [2.05, 4.69) is 5.32 Å². The number of rotatable bonds is 5. The normalized spacial score (nSPS) is 21.8. The van der Waals surface area contributed by atoms with Crippen molar-refractivity contribution in [3.8, 4) is 0 Å². The molecule has 3 heterocycles. The van der Waals surface area contributed by atoms with Crippen LogP contribution in [0.5, 0.6) is 0 Å². The van der Waals surface area contributed by atoms with Crippen LogP contribution < -0.4 is 5.32 Å². The van der Waals surface area contributed by atoms with E-state index in [4.69, 9.17) is 4.74 Å². The molecule has 2 N–H and O–H groups in total. The number of likely N-dealkylation sites (tertiary alicyclic amines) is 1. The molecule has 38 heavy (non-hydrogen) atoms. The van der Waals surface area contributed by atoms with Crippen molar-refractivity contribution in [2.24, 2.45) is 0 Å². The lowest BCUT2D eigenvalue weighted by atomic mass is 9.82. The first-order valence-corrected chi connectivity index (χ1v) is 12.7. The molecule has 208 valence electrons. The molecule has 1 aromatic rings. The Balaban J connectivity index is 1.43. The third-order valence-corrected chi connectivity index (χ3v) is 7.33. The van der Waals surface area contributed by atoms with Crippen molar-refractivity contribution in [1.82, 2.24) is 20.0 Å². The average Bonchev–Trinajstić information content (AvgIpc) is 3.13. The van der Waals surface area contributed by atoms with E-state index < -0.39 is 58.3 Å². The van der Waals surface area contributed by atoms with Gasteiger partial charge in [-0.2, -0.15) is 0 Å². The highest BCUT2D eigenvalue weighted by atomic mass is 19.1. The molecule has 1 atom stereocenters. The summed E-state index contributed by atoms with van der Waals surface area (Å²) in [5.41, 5.74) is -3.10. The van der Waals surface area contributed by atoms with Crippen LogP contribution in [-0.4, -0.2) is 88.5 Å². The quantitative estimate of drug-likeness (QED) is 0.552. The topological polar surface area (TPSA) is 119 Å². The van der Waals surface area contributed by atoms with Crippen molar-refractivity contribution >= 4 is 23.8 Å². The summed E-state index contributed by atoms with van der Waals surface area (Å²) in [6, 6.07) is -0.0223. The van der Waals surface area contributed by atoms with Gasteiger partial charge in [-0.15, -0.1) is 0 Å². The van der Waals surface area contributed by atoms with Crippen molar-refractivity contribution in [2.45, 2.75) is 70.2 Å². The van der Waals surface area contributed by atoms with Crippen molar-refractivity contribution in [1.29, 1.82) is 0 Å². The van der Waals surface area contributed by atoms with E-state index in [-0.39, 0.29) is 43.4 Å². The Hall–Kier alpha value is -3.12. The van der Waals surface area contributed by atoms with E-state index in [9.17, 15) is 24.3 Å². The largest absolute Gasteiger partial charge is 0.444 e. The molecule has 2 fully saturated rings. The second-order valence-corrected chi connectivity index (χ2v) is 11.2. The molecule has 1 aromatic carbocycles. The number of nitrogens with zero attached hydrogens (tertiary/aromatic N) is 3. The third kappa shape index (κ3) is 5.51. The number of benzene rings is 1. The Morgan fingerprint density at radius 2 is 1.89 bits per heavy atom. The minimum atomic E-state index is -1.78. The Morgan fingerprint density at radius 1 is 1.24 bits per heavy atom. The number of likely N-dealkylation sites (N-methyl/N-ethyl adjacent to an activating group) is 1. The molecule has 0 aliphatic carbocycles. The third-order valence-electron chi connectivity index (χ3n) is 7.33.